The van der Waals surface area contributed by atoms with Crippen LogP contribution >= 0.6 is 8.03 Å². The molecule has 6 nitrogen and oxygen atoms in total. The Morgan fingerprint density at radius 3 is 2.21 bits per heavy atom. The number of benzene rings is 1. The molecule has 1 aromatic heterocycles. The SMILES string of the molecule is CO[PH](=O)C(C=CC(C)C)(C(=O)O)C(O)(Cc1ccc(F)cc1)c1cccc(C(C)(C)C)n1. The normalized spacial score (nSPS) is 17.0. The molecule has 0 aliphatic carbocycles. The number of hydrogen-bond acceptors (Lipinski definition) is 5. The minimum atomic E-state index is -3.40. The van der Waals surface area contributed by atoms with E-state index >= 15 is 0 Å². The van der Waals surface area contributed by atoms with Gasteiger partial charge in [0.05, 0.1) is 5.69 Å². The number of carboxylic acids is 1. The number of aliphatic hydroxyl groups is 1. The molecule has 0 amide bonds. The topological polar surface area (TPSA) is 96.7 Å². The number of rotatable bonds is 9. The van der Waals surface area contributed by atoms with Gasteiger partial charge in [0.2, 0.25) is 8.03 Å². The molecule has 0 aliphatic heterocycles. The van der Waals surface area contributed by atoms with Gasteiger partial charge in [-0.25, -0.2) is 4.39 Å². The van der Waals surface area contributed by atoms with Crippen molar-refractivity contribution in [1.29, 1.82) is 0 Å². The minimum absolute atomic E-state index is 0.0467. The average Bonchev–Trinajstić information content (AvgIpc) is 2.74. The summed E-state index contributed by atoms with van der Waals surface area (Å²) in [6.45, 7) is 9.51. The van der Waals surface area contributed by atoms with Crippen LogP contribution in [0.3, 0.4) is 0 Å². The molecule has 2 rings (SSSR count). The summed E-state index contributed by atoms with van der Waals surface area (Å²) >= 11 is 0. The third kappa shape index (κ3) is 5.60. The molecule has 0 aliphatic rings. The second-order valence-electron chi connectivity index (χ2n) is 9.53. The van der Waals surface area contributed by atoms with Gasteiger partial charge in [0.15, 0.2) is 5.16 Å². The first kappa shape index (κ1) is 26.9. The van der Waals surface area contributed by atoms with Crippen LogP contribution in [0.15, 0.2) is 54.6 Å². The third-order valence-electron chi connectivity index (χ3n) is 5.54. The molecule has 180 valence electrons. The molecule has 0 saturated carbocycles. The molecule has 2 N–H and O–H groups in total. The van der Waals surface area contributed by atoms with E-state index < -0.39 is 30.6 Å². The first-order valence-electron chi connectivity index (χ1n) is 10.7. The summed E-state index contributed by atoms with van der Waals surface area (Å²) in [6.07, 6.45) is 2.57. The van der Waals surface area contributed by atoms with Crippen molar-refractivity contribution in [2.24, 2.45) is 5.92 Å². The van der Waals surface area contributed by atoms with Gasteiger partial charge in [-0.2, -0.15) is 0 Å². The van der Waals surface area contributed by atoms with Gasteiger partial charge in [0, 0.05) is 24.6 Å². The summed E-state index contributed by atoms with van der Waals surface area (Å²) in [6, 6.07) is 10.3. The molecule has 0 radical (unpaired) electrons. The highest BCUT2D eigenvalue weighted by Gasteiger charge is 2.61. The Labute approximate surface area is 195 Å². The quantitative estimate of drug-likeness (QED) is 0.385. The van der Waals surface area contributed by atoms with Crippen LogP contribution < -0.4 is 0 Å². The summed E-state index contributed by atoms with van der Waals surface area (Å²) in [4.78, 5) is 17.4. The second-order valence-corrected chi connectivity index (χ2v) is 11.3. The summed E-state index contributed by atoms with van der Waals surface area (Å²) < 4.78 is 32.0. The van der Waals surface area contributed by atoms with Crippen molar-refractivity contribution in [1.82, 2.24) is 4.98 Å². The number of hydrogen-bond donors (Lipinski definition) is 2. The van der Waals surface area contributed by atoms with Crippen molar-refractivity contribution in [3.63, 3.8) is 0 Å². The molecule has 0 saturated heterocycles. The number of pyridine rings is 1. The maximum absolute atomic E-state index is 13.5. The molecule has 33 heavy (non-hydrogen) atoms. The molecule has 0 bridgehead atoms. The third-order valence-corrected chi connectivity index (χ3v) is 7.35. The second kappa shape index (κ2) is 10.3. The molecule has 0 spiro atoms. The van der Waals surface area contributed by atoms with Crippen LogP contribution in [0.2, 0.25) is 0 Å². The zero-order chi connectivity index (χ0) is 25.0. The van der Waals surface area contributed by atoms with Gasteiger partial charge in [-0.1, -0.05) is 65.0 Å². The standard InChI is InChI=1S/C25H33FNO5P/c1-17(2)14-15-25(22(28)29,33(31)32-6)24(30,16-18-10-12-19(26)13-11-18)21-9-7-8-20(27-21)23(3,4)5/h7-15,17,30,33H,16H2,1-6H3,(H,28,29). The Kier molecular flexibility index (Phi) is 8.39. The molecule has 3 atom stereocenters. The summed E-state index contributed by atoms with van der Waals surface area (Å²) in [7, 11) is -2.25. The fourth-order valence-electron chi connectivity index (χ4n) is 3.62. The van der Waals surface area contributed by atoms with E-state index in [9.17, 15) is 24.0 Å². The Morgan fingerprint density at radius 2 is 1.73 bits per heavy atom. The van der Waals surface area contributed by atoms with Gasteiger partial charge in [-0.3, -0.25) is 14.3 Å². The van der Waals surface area contributed by atoms with Crippen molar-refractivity contribution in [3.8, 4) is 0 Å². The van der Waals surface area contributed by atoms with E-state index in [-0.39, 0.29) is 23.4 Å². The fourth-order valence-corrected chi connectivity index (χ4v) is 4.90. The molecule has 3 unspecified atom stereocenters. The Morgan fingerprint density at radius 1 is 1.15 bits per heavy atom. The number of carboxylic acid groups (broad SMARTS) is 1. The van der Waals surface area contributed by atoms with Crippen molar-refractivity contribution in [3.05, 3.63) is 77.4 Å². The predicted molar refractivity (Wildman–Crippen MR) is 127 cm³/mol. The van der Waals surface area contributed by atoms with Crippen molar-refractivity contribution in [2.75, 3.05) is 7.11 Å². The zero-order valence-electron chi connectivity index (χ0n) is 19.9. The zero-order valence-corrected chi connectivity index (χ0v) is 20.9. The lowest BCUT2D eigenvalue weighted by Crippen LogP contribution is -2.55. The molecular formula is C25H33FNO5P. The molecule has 0 fully saturated rings. The molecule has 2 aromatic rings. The van der Waals surface area contributed by atoms with E-state index in [4.69, 9.17) is 4.52 Å². The Bertz CT molecular complexity index is 1030. The summed E-state index contributed by atoms with van der Waals surface area (Å²) in [5, 5.41) is 20.4. The smallest absolute Gasteiger partial charge is 0.326 e. The lowest BCUT2D eigenvalue weighted by molar-refractivity contribution is -0.147. The van der Waals surface area contributed by atoms with E-state index in [1.54, 1.807) is 18.2 Å². The highest BCUT2D eigenvalue weighted by molar-refractivity contribution is 7.43. The maximum atomic E-state index is 13.5. The van der Waals surface area contributed by atoms with Crippen LogP contribution in [-0.4, -0.2) is 33.4 Å². The summed E-state index contributed by atoms with van der Waals surface area (Å²) in [5.74, 6) is -2.05. The van der Waals surface area contributed by atoms with Crippen LogP contribution in [-0.2, 0) is 31.3 Å². The van der Waals surface area contributed by atoms with Gasteiger partial charge < -0.3 is 14.7 Å². The molecule has 1 heterocycles. The Balaban J connectivity index is 2.92. The van der Waals surface area contributed by atoms with E-state index in [1.165, 1.54) is 36.4 Å². The highest BCUT2D eigenvalue weighted by atomic mass is 31.1. The lowest BCUT2D eigenvalue weighted by atomic mass is 9.77. The van der Waals surface area contributed by atoms with Gasteiger partial charge >= 0.3 is 5.97 Å². The highest BCUT2D eigenvalue weighted by Crippen LogP contribution is 2.54. The van der Waals surface area contributed by atoms with Crippen molar-refractivity contribution in [2.45, 2.75) is 57.2 Å². The van der Waals surface area contributed by atoms with Crippen LogP contribution in [0.1, 0.15) is 51.6 Å². The molecule has 1 aromatic carbocycles. The predicted octanol–water partition coefficient (Wildman–Crippen LogP) is 5.11. The lowest BCUT2D eigenvalue weighted by Gasteiger charge is -2.41. The molecule has 8 heteroatoms. The monoisotopic (exact) mass is 477 g/mol. The van der Waals surface area contributed by atoms with Crippen LogP contribution in [0.25, 0.3) is 0 Å². The van der Waals surface area contributed by atoms with Crippen LogP contribution in [0, 0.1) is 11.7 Å². The minimum Gasteiger partial charge on any atom is -0.480 e. The number of allylic oxidation sites excluding steroid dienone is 1. The van der Waals surface area contributed by atoms with Crippen molar-refractivity contribution < 1.29 is 28.5 Å². The van der Waals surface area contributed by atoms with Gasteiger partial charge in [-0.15, -0.1) is 0 Å². The van der Waals surface area contributed by atoms with Crippen LogP contribution in [0.5, 0.6) is 0 Å². The van der Waals surface area contributed by atoms with Gasteiger partial charge in [-0.05, 0) is 35.7 Å². The van der Waals surface area contributed by atoms with Crippen molar-refractivity contribution >= 4 is 14.0 Å². The Hall–Kier alpha value is -2.34. The largest absolute Gasteiger partial charge is 0.480 e. The van der Waals surface area contributed by atoms with Gasteiger partial charge in [0.1, 0.15) is 11.4 Å². The van der Waals surface area contributed by atoms with E-state index in [2.05, 4.69) is 4.98 Å². The van der Waals surface area contributed by atoms with Crippen LogP contribution in [0.4, 0.5) is 4.39 Å². The summed E-state index contributed by atoms with van der Waals surface area (Å²) in [5.41, 5.74) is -1.53. The molecular weight excluding hydrogens is 444 g/mol. The number of halogens is 1. The number of aliphatic carboxylic acids is 1. The fraction of sp³-hybridized carbons (Fsp3) is 0.440. The number of aromatic nitrogens is 1. The van der Waals surface area contributed by atoms with E-state index in [0.29, 0.717) is 11.3 Å². The first-order chi connectivity index (χ1) is 15.3. The average molecular weight is 478 g/mol. The maximum Gasteiger partial charge on any atom is 0.326 e. The first-order valence-corrected chi connectivity index (χ1v) is 12.1. The number of carbonyl (C=O) groups is 1. The number of nitrogens with zero attached hydrogens (tertiary/aromatic N) is 1. The van der Waals surface area contributed by atoms with E-state index in [0.717, 1.165) is 7.11 Å². The van der Waals surface area contributed by atoms with E-state index in [1.807, 2.05) is 34.6 Å². The van der Waals surface area contributed by atoms with Gasteiger partial charge in [0.25, 0.3) is 0 Å².